The molecule has 19 heavy (non-hydrogen) atoms. The molecule has 0 fully saturated rings. The zero-order valence-electron chi connectivity index (χ0n) is 10.7. The number of phenols is 2. The lowest BCUT2D eigenvalue weighted by Crippen LogP contribution is -2.02. The lowest BCUT2D eigenvalue weighted by molar-refractivity contribution is 0.400. The van der Waals surface area contributed by atoms with Gasteiger partial charge in [-0.3, -0.25) is 0 Å². The Hall–Kier alpha value is -1.68. The smallest absolute Gasteiger partial charge is 0.162 e. The number of halogens is 1. The fourth-order valence-electron chi connectivity index (χ4n) is 1.94. The molecule has 0 aliphatic rings. The standard InChI is InChI=1S/C15H16BrNO2/c1-2-10-8-12(16)6-7-13(10)17-9-11-4-3-5-14(18)15(11)19/h3-8,17-19H,2,9H2,1H3. The van der Waals surface area contributed by atoms with E-state index >= 15 is 0 Å². The second kappa shape index (κ2) is 5.97. The molecule has 0 bridgehead atoms. The van der Waals surface area contributed by atoms with Crippen molar-refractivity contribution in [1.29, 1.82) is 0 Å². The number of rotatable bonds is 4. The van der Waals surface area contributed by atoms with Crippen molar-refractivity contribution in [2.24, 2.45) is 0 Å². The minimum absolute atomic E-state index is 0.0647. The molecule has 0 saturated carbocycles. The molecule has 3 N–H and O–H groups in total. The Morgan fingerprint density at radius 3 is 2.63 bits per heavy atom. The van der Waals surface area contributed by atoms with Gasteiger partial charge in [-0.15, -0.1) is 0 Å². The average molecular weight is 322 g/mol. The maximum atomic E-state index is 9.75. The van der Waals surface area contributed by atoms with Crippen molar-refractivity contribution < 1.29 is 10.2 Å². The van der Waals surface area contributed by atoms with E-state index in [1.54, 1.807) is 12.1 Å². The third-order valence-electron chi connectivity index (χ3n) is 3.02. The van der Waals surface area contributed by atoms with Crippen molar-refractivity contribution >= 4 is 21.6 Å². The highest BCUT2D eigenvalue weighted by molar-refractivity contribution is 9.10. The van der Waals surface area contributed by atoms with Gasteiger partial charge in [-0.25, -0.2) is 0 Å². The maximum Gasteiger partial charge on any atom is 0.162 e. The lowest BCUT2D eigenvalue weighted by Gasteiger charge is -2.12. The van der Waals surface area contributed by atoms with Gasteiger partial charge in [0.05, 0.1) is 0 Å². The summed E-state index contributed by atoms with van der Waals surface area (Å²) in [5, 5.41) is 22.5. The third-order valence-corrected chi connectivity index (χ3v) is 3.51. The first kappa shape index (κ1) is 13.7. The number of anilines is 1. The number of nitrogens with one attached hydrogen (secondary N) is 1. The molecule has 0 aliphatic heterocycles. The molecule has 0 saturated heterocycles. The summed E-state index contributed by atoms with van der Waals surface area (Å²) in [5.74, 6) is -0.156. The van der Waals surface area contributed by atoms with Gasteiger partial charge in [-0.05, 0) is 36.2 Å². The summed E-state index contributed by atoms with van der Waals surface area (Å²) in [5.41, 5.74) is 2.91. The fourth-order valence-corrected chi connectivity index (χ4v) is 2.35. The Morgan fingerprint density at radius 2 is 1.89 bits per heavy atom. The highest BCUT2D eigenvalue weighted by atomic mass is 79.9. The Labute approximate surface area is 121 Å². The highest BCUT2D eigenvalue weighted by Crippen LogP contribution is 2.29. The molecule has 0 atom stereocenters. The van der Waals surface area contributed by atoms with Crippen LogP contribution in [-0.4, -0.2) is 10.2 Å². The summed E-state index contributed by atoms with van der Waals surface area (Å²) >= 11 is 3.45. The maximum absolute atomic E-state index is 9.75. The Balaban J connectivity index is 2.17. The summed E-state index contributed by atoms with van der Waals surface area (Å²) in [4.78, 5) is 0. The van der Waals surface area contributed by atoms with Crippen LogP contribution in [-0.2, 0) is 13.0 Å². The van der Waals surface area contributed by atoms with E-state index in [9.17, 15) is 10.2 Å². The number of para-hydroxylation sites is 1. The molecule has 0 radical (unpaired) electrons. The summed E-state index contributed by atoms with van der Waals surface area (Å²) in [7, 11) is 0. The molecular weight excluding hydrogens is 306 g/mol. The molecule has 0 amide bonds. The largest absolute Gasteiger partial charge is 0.504 e. The lowest BCUT2D eigenvalue weighted by atomic mass is 10.1. The summed E-state index contributed by atoms with van der Waals surface area (Å²) < 4.78 is 1.05. The van der Waals surface area contributed by atoms with Crippen LogP contribution in [0.2, 0.25) is 0 Å². The Kier molecular flexibility index (Phi) is 4.32. The number of hydrogen-bond donors (Lipinski definition) is 3. The molecule has 0 heterocycles. The molecule has 0 spiro atoms. The predicted octanol–water partition coefficient (Wildman–Crippen LogP) is 4.03. The van der Waals surface area contributed by atoms with Gasteiger partial charge in [-0.1, -0.05) is 35.0 Å². The van der Waals surface area contributed by atoms with E-state index in [0.29, 0.717) is 12.1 Å². The topological polar surface area (TPSA) is 52.5 Å². The predicted molar refractivity (Wildman–Crippen MR) is 80.6 cm³/mol. The van der Waals surface area contributed by atoms with Crippen molar-refractivity contribution in [3.05, 3.63) is 52.0 Å². The van der Waals surface area contributed by atoms with E-state index in [-0.39, 0.29) is 11.5 Å². The van der Waals surface area contributed by atoms with E-state index in [0.717, 1.165) is 16.6 Å². The van der Waals surface area contributed by atoms with Crippen molar-refractivity contribution in [2.75, 3.05) is 5.32 Å². The fraction of sp³-hybridized carbons (Fsp3) is 0.200. The van der Waals surface area contributed by atoms with Crippen LogP contribution in [0.3, 0.4) is 0 Å². The van der Waals surface area contributed by atoms with E-state index in [2.05, 4.69) is 34.2 Å². The zero-order chi connectivity index (χ0) is 13.8. The number of hydrogen-bond acceptors (Lipinski definition) is 3. The first-order chi connectivity index (χ1) is 9.11. The van der Waals surface area contributed by atoms with Crippen LogP contribution in [0.5, 0.6) is 11.5 Å². The van der Waals surface area contributed by atoms with Crippen molar-refractivity contribution in [1.82, 2.24) is 0 Å². The van der Waals surface area contributed by atoms with E-state index < -0.39 is 0 Å². The summed E-state index contributed by atoms with van der Waals surface area (Å²) in [6.07, 6.45) is 0.924. The second-order valence-corrected chi connectivity index (χ2v) is 5.21. The third kappa shape index (κ3) is 3.20. The zero-order valence-corrected chi connectivity index (χ0v) is 12.2. The molecule has 2 aromatic carbocycles. The molecular formula is C15H16BrNO2. The molecule has 4 heteroatoms. The van der Waals surface area contributed by atoms with E-state index in [1.807, 2.05) is 12.1 Å². The first-order valence-corrected chi connectivity index (χ1v) is 6.93. The van der Waals surface area contributed by atoms with Gasteiger partial charge in [-0.2, -0.15) is 0 Å². The Bertz CT molecular complexity index is 584. The average Bonchev–Trinajstić information content (AvgIpc) is 2.41. The minimum Gasteiger partial charge on any atom is -0.504 e. The molecule has 0 aromatic heterocycles. The molecule has 100 valence electrons. The van der Waals surface area contributed by atoms with E-state index in [4.69, 9.17) is 0 Å². The van der Waals surface area contributed by atoms with Crippen LogP contribution in [0.25, 0.3) is 0 Å². The summed E-state index contributed by atoms with van der Waals surface area (Å²) in [6.45, 7) is 2.56. The van der Waals surface area contributed by atoms with Gasteiger partial charge < -0.3 is 15.5 Å². The SMILES string of the molecule is CCc1cc(Br)ccc1NCc1cccc(O)c1O. The van der Waals surface area contributed by atoms with Crippen LogP contribution in [0.1, 0.15) is 18.1 Å². The molecule has 3 nitrogen and oxygen atoms in total. The second-order valence-electron chi connectivity index (χ2n) is 4.29. The number of benzene rings is 2. The molecule has 0 aliphatic carbocycles. The van der Waals surface area contributed by atoms with Gasteiger partial charge in [0, 0.05) is 22.3 Å². The monoisotopic (exact) mass is 321 g/mol. The van der Waals surface area contributed by atoms with Crippen LogP contribution in [0, 0.1) is 0 Å². The van der Waals surface area contributed by atoms with Gasteiger partial charge >= 0.3 is 0 Å². The van der Waals surface area contributed by atoms with Crippen LogP contribution >= 0.6 is 15.9 Å². The molecule has 2 aromatic rings. The molecule has 0 unspecified atom stereocenters. The summed E-state index contributed by atoms with van der Waals surface area (Å²) in [6, 6.07) is 11.0. The Morgan fingerprint density at radius 1 is 1.11 bits per heavy atom. The normalized spacial score (nSPS) is 10.4. The quantitative estimate of drug-likeness (QED) is 0.745. The van der Waals surface area contributed by atoms with Gasteiger partial charge in [0.1, 0.15) is 0 Å². The van der Waals surface area contributed by atoms with Crippen LogP contribution in [0.4, 0.5) is 5.69 Å². The van der Waals surface area contributed by atoms with Gasteiger partial charge in [0.15, 0.2) is 11.5 Å². The minimum atomic E-state index is -0.0918. The van der Waals surface area contributed by atoms with Crippen molar-refractivity contribution in [2.45, 2.75) is 19.9 Å². The van der Waals surface area contributed by atoms with Gasteiger partial charge in [0.2, 0.25) is 0 Å². The van der Waals surface area contributed by atoms with E-state index in [1.165, 1.54) is 11.6 Å². The van der Waals surface area contributed by atoms with Crippen LogP contribution < -0.4 is 5.32 Å². The van der Waals surface area contributed by atoms with Gasteiger partial charge in [0.25, 0.3) is 0 Å². The highest BCUT2D eigenvalue weighted by Gasteiger charge is 2.07. The number of aromatic hydroxyl groups is 2. The van der Waals surface area contributed by atoms with Crippen molar-refractivity contribution in [3.63, 3.8) is 0 Å². The first-order valence-electron chi connectivity index (χ1n) is 6.14. The number of phenolic OH excluding ortho intramolecular Hbond substituents is 2. The molecule has 2 rings (SSSR count). The number of aryl methyl sites for hydroxylation is 1. The van der Waals surface area contributed by atoms with Crippen molar-refractivity contribution in [3.8, 4) is 11.5 Å². The van der Waals surface area contributed by atoms with Crippen LogP contribution in [0.15, 0.2) is 40.9 Å².